The third-order valence-electron chi connectivity index (χ3n) is 4.62. The van der Waals surface area contributed by atoms with E-state index in [1.807, 2.05) is 5.21 Å². The predicted octanol–water partition coefficient (Wildman–Crippen LogP) is 5.03. The number of rotatable bonds is 5. The van der Waals surface area contributed by atoms with Crippen molar-refractivity contribution in [2.45, 2.75) is 12.4 Å². The number of aromatic nitrogens is 6. The molecule has 34 heavy (non-hydrogen) atoms. The summed E-state index contributed by atoms with van der Waals surface area (Å²) in [6.45, 7) is -1.66. The van der Waals surface area contributed by atoms with E-state index in [9.17, 15) is 30.7 Å². The summed E-state index contributed by atoms with van der Waals surface area (Å²) in [6.07, 6.45) is -6.87. The van der Waals surface area contributed by atoms with Gasteiger partial charge in [-0.25, -0.2) is 9.37 Å². The van der Waals surface area contributed by atoms with Crippen LogP contribution in [0, 0.1) is 5.82 Å². The van der Waals surface area contributed by atoms with Crippen molar-refractivity contribution in [3.8, 4) is 39.7 Å². The predicted molar refractivity (Wildman–Crippen MR) is 104 cm³/mol. The highest BCUT2D eigenvalue weighted by Crippen LogP contribution is 2.39. The molecule has 0 aliphatic heterocycles. The first-order valence-electron chi connectivity index (χ1n) is 9.39. The molecule has 0 saturated heterocycles. The minimum absolute atomic E-state index is 0.0235. The molecule has 0 atom stereocenters. The third kappa shape index (κ3) is 4.70. The molecule has 14 heteroatoms. The lowest BCUT2D eigenvalue weighted by Gasteiger charge is -2.15. The van der Waals surface area contributed by atoms with E-state index in [-0.39, 0.29) is 28.2 Å². The maximum atomic E-state index is 13.8. The van der Waals surface area contributed by atoms with Gasteiger partial charge in [-0.3, -0.25) is 4.98 Å². The van der Waals surface area contributed by atoms with E-state index in [0.29, 0.717) is 0 Å². The van der Waals surface area contributed by atoms with Gasteiger partial charge < -0.3 is 9.30 Å². The summed E-state index contributed by atoms with van der Waals surface area (Å²) in [7, 11) is 1.53. The van der Waals surface area contributed by atoms with Crippen molar-refractivity contribution in [3.63, 3.8) is 0 Å². The smallest absolute Gasteiger partial charge is 0.437 e. The van der Waals surface area contributed by atoms with E-state index in [1.165, 1.54) is 42.3 Å². The van der Waals surface area contributed by atoms with E-state index in [1.54, 1.807) is 0 Å². The number of benzene rings is 1. The second-order valence-electron chi connectivity index (χ2n) is 7.05. The van der Waals surface area contributed by atoms with E-state index >= 15 is 0 Å². The summed E-state index contributed by atoms with van der Waals surface area (Å²) >= 11 is 0. The maximum Gasteiger partial charge on any atom is 0.437 e. The van der Waals surface area contributed by atoms with Crippen molar-refractivity contribution in [1.29, 1.82) is 0 Å². The number of imidazole rings is 1. The lowest BCUT2D eigenvalue weighted by Crippen LogP contribution is -2.19. The second kappa shape index (κ2) is 8.43. The molecule has 0 saturated carbocycles. The summed E-state index contributed by atoms with van der Waals surface area (Å²) < 4.78 is 97.8. The minimum atomic E-state index is -4.76. The Bertz CT molecular complexity index is 1330. The largest absolute Gasteiger partial charge is 0.483 e. The molecule has 178 valence electrons. The molecule has 3 aromatic heterocycles. The molecule has 4 aromatic rings. The molecule has 1 N–H and O–H groups in total. The number of nitrogens with zero attached hydrogens (tertiary/aromatic N) is 5. The van der Waals surface area contributed by atoms with Gasteiger partial charge in [0.2, 0.25) is 0 Å². The first kappa shape index (κ1) is 23.2. The van der Waals surface area contributed by atoms with Crippen LogP contribution in [0.1, 0.15) is 5.69 Å². The SMILES string of the molecule is Cn1cnc(-c2cc(-c3n[nH]nc3C(F)(F)F)ccn2)c1-c1ccc(F)cc1OCC(F)(F)F. The van der Waals surface area contributed by atoms with Crippen LogP contribution in [0.2, 0.25) is 0 Å². The van der Waals surface area contributed by atoms with Gasteiger partial charge in [-0.2, -0.15) is 41.8 Å². The molecule has 0 aliphatic rings. The number of nitrogens with one attached hydrogen (secondary N) is 1. The van der Waals surface area contributed by atoms with Crippen molar-refractivity contribution in [3.05, 3.63) is 54.4 Å². The molecule has 0 fully saturated rings. The number of aryl methyl sites for hydroxylation is 1. The van der Waals surface area contributed by atoms with Gasteiger partial charge in [0.15, 0.2) is 12.3 Å². The van der Waals surface area contributed by atoms with Gasteiger partial charge in [0.25, 0.3) is 0 Å². The van der Waals surface area contributed by atoms with Crippen LogP contribution < -0.4 is 4.74 Å². The normalized spacial score (nSPS) is 12.2. The van der Waals surface area contributed by atoms with E-state index in [2.05, 4.69) is 20.2 Å². The minimum Gasteiger partial charge on any atom is -0.483 e. The molecule has 4 rings (SSSR count). The van der Waals surface area contributed by atoms with Crippen molar-refractivity contribution in [1.82, 2.24) is 29.9 Å². The van der Waals surface area contributed by atoms with E-state index in [4.69, 9.17) is 4.74 Å². The van der Waals surface area contributed by atoms with Crippen molar-refractivity contribution in [2.75, 3.05) is 6.61 Å². The van der Waals surface area contributed by atoms with Gasteiger partial charge in [0, 0.05) is 30.4 Å². The highest BCUT2D eigenvalue weighted by molar-refractivity contribution is 5.82. The molecule has 0 spiro atoms. The average molecular weight is 486 g/mol. The summed E-state index contributed by atoms with van der Waals surface area (Å²) in [5.74, 6) is -1.22. The quantitative estimate of drug-likeness (QED) is 0.400. The van der Waals surface area contributed by atoms with Crippen molar-refractivity contribution in [2.24, 2.45) is 7.05 Å². The number of pyridine rings is 1. The number of ether oxygens (including phenoxy) is 1. The monoisotopic (exact) mass is 486 g/mol. The molecular weight excluding hydrogens is 473 g/mol. The summed E-state index contributed by atoms with van der Waals surface area (Å²) in [5.41, 5.74) is -1.18. The van der Waals surface area contributed by atoms with E-state index < -0.39 is 41.9 Å². The number of aromatic amines is 1. The van der Waals surface area contributed by atoms with Crippen LogP contribution in [-0.4, -0.2) is 42.7 Å². The molecule has 0 radical (unpaired) electrons. The Morgan fingerprint density at radius 1 is 0.971 bits per heavy atom. The molecular formula is C20H13F7N6O. The van der Waals surface area contributed by atoms with Crippen LogP contribution >= 0.6 is 0 Å². The van der Waals surface area contributed by atoms with Gasteiger partial charge in [0.1, 0.15) is 23.0 Å². The zero-order valence-electron chi connectivity index (χ0n) is 17.0. The highest BCUT2D eigenvalue weighted by Gasteiger charge is 2.38. The van der Waals surface area contributed by atoms with Crippen LogP contribution in [-0.2, 0) is 13.2 Å². The number of halogens is 7. The number of hydrogen-bond acceptors (Lipinski definition) is 5. The van der Waals surface area contributed by atoms with Gasteiger partial charge >= 0.3 is 12.4 Å². The Labute approximate surface area is 186 Å². The van der Waals surface area contributed by atoms with Gasteiger partial charge in [0.05, 0.1) is 17.7 Å². The van der Waals surface area contributed by atoms with Crippen LogP contribution in [0.15, 0.2) is 42.9 Å². The number of alkyl halides is 6. The first-order valence-corrected chi connectivity index (χ1v) is 9.39. The third-order valence-corrected chi connectivity index (χ3v) is 4.62. The van der Waals surface area contributed by atoms with Gasteiger partial charge in [-0.1, -0.05) is 0 Å². The average Bonchev–Trinajstić information content (AvgIpc) is 3.39. The summed E-state index contributed by atoms with van der Waals surface area (Å²) in [4.78, 5) is 8.32. The molecule has 3 heterocycles. The Hall–Kier alpha value is -3.97. The lowest BCUT2D eigenvalue weighted by atomic mass is 10.0. The van der Waals surface area contributed by atoms with Crippen LogP contribution in [0.5, 0.6) is 5.75 Å². The van der Waals surface area contributed by atoms with E-state index in [0.717, 1.165) is 12.1 Å². The topological polar surface area (TPSA) is 81.5 Å². The Balaban J connectivity index is 1.81. The fourth-order valence-electron chi connectivity index (χ4n) is 3.24. The number of hydrogen-bond donors (Lipinski definition) is 1. The van der Waals surface area contributed by atoms with Crippen LogP contribution in [0.25, 0.3) is 33.9 Å². The van der Waals surface area contributed by atoms with Gasteiger partial charge in [-0.05, 0) is 24.3 Å². The number of H-pyrrole nitrogens is 1. The van der Waals surface area contributed by atoms with Crippen molar-refractivity contribution < 1.29 is 35.5 Å². The summed E-state index contributed by atoms with van der Waals surface area (Å²) in [5, 5.41) is 8.66. The van der Waals surface area contributed by atoms with Crippen LogP contribution in [0.4, 0.5) is 30.7 Å². The molecule has 0 unspecified atom stereocenters. The molecule has 7 nitrogen and oxygen atoms in total. The lowest BCUT2D eigenvalue weighted by molar-refractivity contribution is -0.153. The molecule has 0 aliphatic carbocycles. The second-order valence-corrected chi connectivity index (χ2v) is 7.05. The molecule has 0 bridgehead atoms. The highest BCUT2D eigenvalue weighted by atomic mass is 19.4. The van der Waals surface area contributed by atoms with Crippen LogP contribution in [0.3, 0.4) is 0 Å². The fraction of sp³-hybridized carbons (Fsp3) is 0.200. The first-order chi connectivity index (χ1) is 15.9. The molecule has 1 aromatic carbocycles. The molecule has 0 amide bonds. The Kier molecular flexibility index (Phi) is 5.75. The summed E-state index contributed by atoms with van der Waals surface area (Å²) in [6, 6.07) is 5.60. The Morgan fingerprint density at radius 3 is 2.44 bits per heavy atom. The van der Waals surface area contributed by atoms with Crippen molar-refractivity contribution >= 4 is 0 Å². The standard InChI is InChI=1S/C20H13F7N6O/c1-33-9-29-16(17(33)12-3-2-11(21)7-14(12)34-8-19(22,23)24)13-6-10(4-5-28-13)15-18(20(25,26)27)31-32-30-15/h2-7,9H,8H2,1H3,(H,30,31,32). The maximum absolute atomic E-state index is 13.8. The zero-order valence-corrected chi connectivity index (χ0v) is 17.0. The van der Waals surface area contributed by atoms with Gasteiger partial charge in [-0.15, -0.1) is 0 Å². The fourth-order valence-corrected chi connectivity index (χ4v) is 3.24. The Morgan fingerprint density at radius 2 is 1.74 bits per heavy atom. The zero-order chi connectivity index (χ0) is 24.7.